The molecular weight excluding hydrogens is 719 g/mol. The van der Waals surface area contributed by atoms with Crippen molar-refractivity contribution in [2.45, 2.75) is 19.3 Å². The van der Waals surface area contributed by atoms with Crippen LogP contribution in [0.2, 0.25) is 0 Å². The average molecular weight is 756 g/mol. The molecule has 0 aliphatic heterocycles. The van der Waals surface area contributed by atoms with E-state index < -0.39 is 0 Å². The first-order valence-corrected chi connectivity index (χ1v) is 20.2. The normalized spacial score (nSPS) is 13.1. The first-order valence-electron chi connectivity index (χ1n) is 20.2. The molecule has 0 spiro atoms. The predicted molar refractivity (Wildman–Crippen MR) is 242 cm³/mol. The Morgan fingerprint density at radius 2 is 0.780 bits per heavy atom. The molecule has 0 fully saturated rings. The minimum atomic E-state index is -0.0885. The summed E-state index contributed by atoms with van der Waals surface area (Å²) in [6.07, 6.45) is 0. The largest absolute Gasteiger partial charge is 0.309 e. The molecule has 0 N–H and O–H groups in total. The molecule has 278 valence electrons. The number of rotatable bonds is 5. The lowest BCUT2D eigenvalue weighted by Gasteiger charge is -2.22. The fourth-order valence-electron chi connectivity index (χ4n) is 9.52. The van der Waals surface area contributed by atoms with E-state index in [0.29, 0.717) is 17.5 Å². The van der Waals surface area contributed by atoms with Crippen LogP contribution in [0, 0.1) is 0 Å². The van der Waals surface area contributed by atoms with Gasteiger partial charge in [-0.05, 0) is 82.9 Å². The SMILES string of the molecule is CC1(C)c2ccccc2-c2ccc(-n3c4ccccc4c4cc5c(cc43)c3ccccc3n5-c3ccc(-c4nc(-c5ccccc5)nc(-c5ccccc5)n4)cc3)cc21. The van der Waals surface area contributed by atoms with Crippen LogP contribution in [0.25, 0.3) is 100 Å². The first kappa shape index (κ1) is 33.5. The van der Waals surface area contributed by atoms with Gasteiger partial charge in [-0.1, -0.05) is 141 Å². The lowest BCUT2D eigenvalue weighted by molar-refractivity contribution is 0.660. The number of nitrogens with zero attached hydrogens (tertiary/aromatic N) is 5. The molecule has 12 rings (SSSR count). The molecule has 0 saturated heterocycles. The molecule has 11 aromatic rings. The molecule has 0 saturated carbocycles. The van der Waals surface area contributed by atoms with Crippen LogP contribution in [-0.4, -0.2) is 24.1 Å². The second-order valence-electron chi connectivity index (χ2n) is 16.1. The van der Waals surface area contributed by atoms with Crippen LogP contribution in [0.5, 0.6) is 0 Å². The van der Waals surface area contributed by atoms with Gasteiger partial charge in [0, 0.05) is 55.0 Å². The average Bonchev–Trinajstić information content (AvgIpc) is 3.88. The maximum absolute atomic E-state index is 4.99. The van der Waals surface area contributed by atoms with E-state index in [-0.39, 0.29) is 5.41 Å². The monoisotopic (exact) mass is 755 g/mol. The van der Waals surface area contributed by atoms with Crippen molar-refractivity contribution in [3.05, 3.63) is 199 Å². The van der Waals surface area contributed by atoms with Crippen molar-refractivity contribution < 1.29 is 0 Å². The van der Waals surface area contributed by atoms with Crippen LogP contribution in [-0.2, 0) is 5.41 Å². The van der Waals surface area contributed by atoms with Gasteiger partial charge in [0.1, 0.15) is 0 Å². The molecule has 5 heteroatoms. The summed E-state index contributed by atoms with van der Waals surface area (Å²) in [5.74, 6) is 1.94. The Labute approximate surface area is 341 Å². The maximum Gasteiger partial charge on any atom is 0.164 e. The highest BCUT2D eigenvalue weighted by Gasteiger charge is 2.35. The third kappa shape index (κ3) is 5.08. The zero-order valence-corrected chi connectivity index (χ0v) is 32.6. The fourth-order valence-corrected chi connectivity index (χ4v) is 9.52. The Morgan fingerprint density at radius 3 is 1.36 bits per heavy atom. The molecule has 1 aliphatic rings. The number of fused-ring (bicyclic) bond motifs is 9. The van der Waals surface area contributed by atoms with Crippen molar-refractivity contribution in [2.24, 2.45) is 0 Å². The molecule has 0 radical (unpaired) electrons. The second-order valence-corrected chi connectivity index (χ2v) is 16.1. The molecule has 3 aromatic heterocycles. The van der Waals surface area contributed by atoms with E-state index in [4.69, 9.17) is 15.0 Å². The summed E-state index contributed by atoms with van der Waals surface area (Å²) >= 11 is 0. The van der Waals surface area contributed by atoms with Gasteiger partial charge in [0.05, 0.1) is 22.1 Å². The van der Waals surface area contributed by atoms with E-state index in [2.05, 4.69) is 150 Å². The zero-order chi connectivity index (χ0) is 39.2. The standard InChI is InChI=1S/C54H37N5/c1-54(2)45-22-12-9-19-39(45)40-30-29-38(31-46(40)54)59-48-24-14-11-21-42(48)44-32-49-43(33-50(44)59)41-20-10-13-23-47(41)58(49)37-27-25-36(26-28-37)53-56-51(34-15-5-3-6-16-34)55-52(57-53)35-17-7-4-8-18-35/h3-33H,1-2H3. The van der Waals surface area contributed by atoms with Crippen molar-refractivity contribution in [1.82, 2.24) is 24.1 Å². The maximum atomic E-state index is 4.99. The third-order valence-electron chi connectivity index (χ3n) is 12.4. The minimum Gasteiger partial charge on any atom is -0.309 e. The highest BCUT2D eigenvalue weighted by atomic mass is 15.0. The Hall–Kier alpha value is -7.63. The summed E-state index contributed by atoms with van der Waals surface area (Å²) in [5, 5.41) is 4.89. The summed E-state index contributed by atoms with van der Waals surface area (Å²) in [7, 11) is 0. The van der Waals surface area contributed by atoms with E-state index in [1.807, 2.05) is 60.7 Å². The van der Waals surface area contributed by atoms with Gasteiger partial charge in [-0.25, -0.2) is 15.0 Å². The van der Waals surface area contributed by atoms with Crippen molar-refractivity contribution in [2.75, 3.05) is 0 Å². The van der Waals surface area contributed by atoms with Crippen molar-refractivity contribution in [3.8, 4) is 56.7 Å². The van der Waals surface area contributed by atoms with Gasteiger partial charge < -0.3 is 9.13 Å². The molecule has 0 unspecified atom stereocenters. The molecular formula is C54H37N5. The van der Waals surface area contributed by atoms with E-state index in [1.165, 1.54) is 60.5 Å². The van der Waals surface area contributed by atoms with Crippen LogP contribution >= 0.6 is 0 Å². The molecule has 5 nitrogen and oxygen atoms in total. The van der Waals surface area contributed by atoms with Gasteiger partial charge in [0.2, 0.25) is 0 Å². The van der Waals surface area contributed by atoms with E-state index in [1.54, 1.807) is 0 Å². The lowest BCUT2D eigenvalue weighted by atomic mass is 9.82. The van der Waals surface area contributed by atoms with Crippen LogP contribution in [0.3, 0.4) is 0 Å². The molecule has 3 heterocycles. The summed E-state index contributed by atoms with van der Waals surface area (Å²) < 4.78 is 4.86. The van der Waals surface area contributed by atoms with Crippen LogP contribution < -0.4 is 0 Å². The van der Waals surface area contributed by atoms with Crippen LogP contribution in [0.4, 0.5) is 0 Å². The third-order valence-corrected chi connectivity index (χ3v) is 12.4. The summed E-state index contributed by atoms with van der Waals surface area (Å²) in [6.45, 7) is 4.71. The number of para-hydroxylation sites is 2. The van der Waals surface area contributed by atoms with Crippen LogP contribution in [0.15, 0.2) is 188 Å². The zero-order valence-electron chi connectivity index (χ0n) is 32.6. The number of hydrogen-bond acceptors (Lipinski definition) is 3. The van der Waals surface area contributed by atoms with Gasteiger partial charge in [-0.2, -0.15) is 0 Å². The molecule has 59 heavy (non-hydrogen) atoms. The van der Waals surface area contributed by atoms with Gasteiger partial charge in [0.15, 0.2) is 17.5 Å². The van der Waals surface area contributed by atoms with Crippen molar-refractivity contribution in [3.63, 3.8) is 0 Å². The predicted octanol–water partition coefficient (Wildman–Crippen LogP) is 13.4. The highest BCUT2D eigenvalue weighted by Crippen LogP contribution is 2.49. The van der Waals surface area contributed by atoms with Gasteiger partial charge >= 0.3 is 0 Å². The molecule has 1 aliphatic carbocycles. The summed E-state index contributed by atoms with van der Waals surface area (Å²) in [6, 6.07) is 67.2. The topological polar surface area (TPSA) is 48.5 Å². The number of aromatic nitrogens is 5. The molecule has 8 aromatic carbocycles. The van der Waals surface area contributed by atoms with E-state index >= 15 is 0 Å². The molecule has 0 atom stereocenters. The van der Waals surface area contributed by atoms with Gasteiger partial charge in [0.25, 0.3) is 0 Å². The van der Waals surface area contributed by atoms with Crippen molar-refractivity contribution >= 4 is 43.6 Å². The smallest absolute Gasteiger partial charge is 0.164 e. The first-order chi connectivity index (χ1) is 29.0. The molecule has 0 bridgehead atoms. The molecule has 0 amide bonds. The quantitative estimate of drug-likeness (QED) is 0.176. The highest BCUT2D eigenvalue weighted by molar-refractivity contribution is 6.19. The Balaban J connectivity index is 1.02. The number of hydrogen-bond donors (Lipinski definition) is 0. The Morgan fingerprint density at radius 1 is 0.339 bits per heavy atom. The fraction of sp³-hybridized carbons (Fsp3) is 0.0556. The summed E-state index contributed by atoms with van der Waals surface area (Å²) in [5.41, 5.74) is 15.1. The summed E-state index contributed by atoms with van der Waals surface area (Å²) in [4.78, 5) is 14.9. The number of benzene rings is 8. The second kappa shape index (κ2) is 12.7. The Bertz CT molecular complexity index is 3390. The van der Waals surface area contributed by atoms with Gasteiger partial charge in [-0.3, -0.25) is 0 Å². The van der Waals surface area contributed by atoms with E-state index in [0.717, 1.165) is 33.4 Å². The Kier molecular flexibility index (Phi) is 7.20. The van der Waals surface area contributed by atoms with Crippen LogP contribution in [0.1, 0.15) is 25.0 Å². The van der Waals surface area contributed by atoms with Crippen molar-refractivity contribution in [1.29, 1.82) is 0 Å². The van der Waals surface area contributed by atoms with E-state index in [9.17, 15) is 0 Å². The minimum absolute atomic E-state index is 0.0885. The van der Waals surface area contributed by atoms with Gasteiger partial charge in [-0.15, -0.1) is 0 Å². The lowest BCUT2D eigenvalue weighted by Crippen LogP contribution is -2.15.